The molecule has 0 fully saturated rings. The maximum absolute atomic E-state index is 12.0. The van der Waals surface area contributed by atoms with Crippen LogP contribution in [0.1, 0.15) is 11.4 Å². The van der Waals surface area contributed by atoms with Crippen LogP contribution in [0.2, 0.25) is 0 Å². The van der Waals surface area contributed by atoms with Crippen LogP contribution in [0, 0.1) is 13.8 Å². The second kappa shape index (κ2) is 3.46. The van der Waals surface area contributed by atoms with Gasteiger partial charge in [0, 0.05) is 11.8 Å². The maximum atomic E-state index is 12.0. The van der Waals surface area contributed by atoms with Crippen LogP contribution in [0.5, 0.6) is 5.88 Å². The van der Waals surface area contributed by atoms with Crippen LogP contribution in [-0.2, 0) is 0 Å². The van der Waals surface area contributed by atoms with Gasteiger partial charge >= 0.3 is 0 Å². The summed E-state index contributed by atoms with van der Waals surface area (Å²) in [7, 11) is 0. The van der Waals surface area contributed by atoms with E-state index in [2.05, 4.69) is 15.2 Å². The molecule has 0 aliphatic rings. The first-order chi connectivity index (χ1) is 8.58. The molecular formula is C11H11N5O2. The molecule has 3 heterocycles. The summed E-state index contributed by atoms with van der Waals surface area (Å²) in [6, 6.07) is 3.43. The van der Waals surface area contributed by atoms with Gasteiger partial charge in [0.05, 0.1) is 11.9 Å². The Balaban J connectivity index is 2.41. The van der Waals surface area contributed by atoms with E-state index in [1.165, 1.54) is 15.4 Å². The Labute approximate surface area is 101 Å². The second-order valence-electron chi connectivity index (χ2n) is 4.09. The number of nitrogens with zero attached hydrogens (tertiary/aromatic N) is 4. The van der Waals surface area contributed by atoms with E-state index in [4.69, 9.17) is 0 Å². The van der Waals surface area contributed by atoms with Gasteiger partial charge in [-0.25, -0.2) is 4.68 Å². The summed E-state index contributed by atoms with van der Waals surface area (Å²) >= 11 is 0. The fraction of sp³-hybridized carbons (Fsp3) is 0.182. The molecule has 0 saturated carbocycles. The monoisotopic (exact) mass is 245 g/mol. The van der Waals surface area contributed by atoms with Crippen LogP contribution in [0.15, 0.2) is 23.1 Å². The molecule has 3 aromatic rings. The van der Waals surface area contributed by atoms with Crippen molar-refractivity contribution in [3.63, 3.8) is 0 Å². The van der Waals surface area contributed by atoms with Crippen molar-refractivity contribution in [3.8, 4) is 11.6 Å². The summed E-state index contributed by atoms with van der Waals surface area (Å²) in [4.78, 5) is 14.6. The quantitative estimate of drug-likeness (QED) is 0.654. The van der Waals surface area contributed by atoms with Gasteiger partial charge in [0.1, 0.15) is 5.65 Å². The third-order valence-corrected chi connectivity index (χ3v) is 2.73. The number of aromatic hydroxyl groups is 1. The molecule has 0 unspecified atom stereocenters. The largest absolute Gasteiger partial charge is 0.492 e. The molecule has 0 aliphatic heterocycles. The van der Waals surface area contributed by atoms with Crippen LogP contribution in [-0.4, -0.2) is 29.5 Å². The zero-order valence-corrected chi connectivity index (χ0v) is 9.88. The SMILES string of the molecule is Cc1cc(C)n(-c2c(O)n3nccc3[nH]c2=O)n1. The smallest absolute Gasteiger partial charge is 0.281 e. The van der Waals surface area contributed by atoms with Gasteiger partial charge in [-0.1, -0.05) is 0 Å². The molecule has 0 saturated heterocycles. The summed E-state index contributed by atoms with van der Waals surface area (Å²) < 4.78 is 2.66. The first-order valence-corrected chi connectivity index (χ1v) is 5.40. The number of aromatic amines is 1. The van der Waals surface area contributed by atoms with E-state index < -0.39 is 5.56 Å². The predicted octanol–water partition coefficient (Wildman–Crippen LogP) is 0.531. The van der Waals surface area contributed by atoms with Gasteiger partial charge in [0.25, 0.3) is 5.56 Å². The van der Waals surface area contributed by atoms with Gasteiger partial charge in [0.2, 0.25) is 5.88 Å². The number of aryl methyl sites for hydroxylation is 2. The number of rotatable bonds is 1. The van der Waals surface area contributed by atoms with Gasteiger partial charge in [-0.15, -0.1) is 0 Å². The Bertz CT molecular complexity index is 795. The molecule has 7 heteroatoms. The van der Waals surface area contributed by atoms with Crippen LogP contribution in [0.4, 0.5) is 0 Å². The molecule has 3 rings (SSSR count). The normalized spacial score (nSPS) is 11.2. The van der Waals surface area contributed by atoms with Gasteiger partial charge in [0.15, 0.2) is 5.69 Å². The standard InChI is InChI=1S/C11H11N5O2/c1-6-5-7(2)15(14-6)9-10(17)13-8-3-4-12-16(8)11(9)18/h3-5,18H,1-2H3,(H,13,17). The lowest BCUT2D eigenvalue weighted by atomic mass is 10.4. The number of aromatic nitrogens is 5. The average Bonchev–Trinajstić information content (AvgIpc) is 2.86. The van der Waals surface area contributed by atoms with Gasteiger partial charge in [-0.05, 0) is 19.9 Å². The Morgan fingerprint density at radius 1 is 1.39 bits per heavy atom. The predicted molar refractivity (Wildman–Crippen MR) is 64.1 cm³/mol. The number of H-pyrrole nitrogens is 1. The third-order valence-electron chi connectivity index (χ3n) is 2.73. The first kappa shape index (κ1) is 10.6. The first-order valence-electron chi connectivity index (χ1n) is 5.40. The van der Waals surface area contributed by atoms with Gasteiger partial charge in [-0.2, -0.15) is 14.7 Å². The van der Waals surface area contributed by atoms with Crippen LogP contribution in [0.3, 0.4) is 0 Å². The van der Waals surface area contributed by atoms with Crippen LogP contribution in [0.25, 0.3) is 11.3 Å². The lowest BCUT2D eigenvalue weighted by Gasteiger charge is -2.06. The Morgan fingerprint density at radius 3 is 2.83 bits per heavy atom. The highest BCUT2D eigenvalue weighted by Crippen LogP contribution is 2.19. The summed E-state index contributed by atoms with van der Waals surface area (Å²) in [6.07, 6.45) is 1.50. The Kier molecular flexibility index (Phi) is 2.03. The molecule has 7 nitrogen and oxygen atoms in total. The third kappa shape index (κ3) is 1.33. The average molecular weight is 245 g/mol. The van der Waals surface area contributed by atoms with Crippen LogP contribution >= 0.6 is 0 Å². The summed E-state index contributed by atoms with van der Waals surface area (Å²) in [5.41, 5.74) is 1.62. The lowest BCUT2D eigenvalue weighted by Crippen LogP contribution is -2.19. The van der Waals surface area contributed by atoms with Crippen molar-refractivity contribution >= 4 is 5.65 Å². The molecule has 92 valence electrons. The topological polar surface area (TPSA) is 88.2 Å². The van der Waals surface area contributed by atoms with E-state index in [1.807, 2.05) is 19.9 Å². The molecule has 18 heavy (non-hydrogen) atoms. The van der Waals surface area contributed by atoms with Crippen molar-refractivity contribution in [2.75, 3.05) is 0 Å². The van der Waals surface area contributed by atoms with Crippen LogP contribution < -0.4 is 5.56 Å². The molecule has 3 aromatic heterocycles. The highest BCUT2D eigenvalue weighted by molar-refractivity contribution is 5.48. The minimum Gasteiger partial charge on any atom is -0.492 e. The Hall–Kier alpha value is -2.57. The number of nitrogens with one attached hydrogen (secondary N) is 1. The molecule has 0 bridgehead atoms. The number of hydrogen-bond acceptors (Lipinski definition) is 4. The summed E-state index contributed by atoms with van der Waals surface area (Å²) in [5.74, 6) is -0.232. The fourth-order valence-corrected chi connectivity index (χ4v) is 1.99. The molecule has 0 aliphatic carbocycles. The number of fused-ring (bicyclic) bond motifs is 1. The van der Waals surface area contributed by atoms with Crippen molar-refractivity contribution < 1.29 is 5.11 Å². The van der Waals surface area contributed by atoms with Crippen molar-refractivity contribution in [1.29, 1.82) is 0 Å². The lowest BCUT2D eigenvalue weighted by molar-refractivity contribution is 0.429. The van der Waals surface area contributed by atoms with Crippen molar-refractivity contribution in [3.05, 3.63) is 40.1 Å². The zero-order chi connectivity index (χ0) is 12.9. The van der Waals surface area contributed by atoms with Crippen molar-refractivity contribution in [2.45, 2.75) is 13.8 Å². The minimum atomic E-state index is -0.410. The molecule has 0 spiro atoms. The summed E-state index contributed by atoms with van der Waals surface area (Å²) in [6.45, 7) is 3.63. The number of hydrogen-bond donors (Lipinski definition) is 2. The highest BCUT2D eigenvalue weighted by Gasteiger charge is 2.16. The zero-order valence-electron chi connectivity index (χ0n) is 9.88. The van der Waals surface area contributed by atoms with Gasteiger partial charge in [-0.3, -0.25) is 4.79 Å². The molecular weight excluding hydrogens is 234 g/mol. The van der Waals surface area contributed by atoms with Crippen molar-refractivity contribution in [1.82, 2.24) is 24.4 Å². The van der Waals surface area contributed by atoms with E-state index in [0.717, 1.165) is 11.4 Å². The van der Waals surface area contributed by atoms with E-state index in [0.29, 0.717) is 5.65 Å². The molecule has 2 N–H and O–H groups in total. The molecule has 0 amide bonds. The highest BCUT2D eigenvalue weighted by atomic mass is 16.3. The maximum Gasteiger partial charge on any atom is 0.281 e. The fourth-order valence-electron chi connectivity index (χ4n) is 1.99. The molecule has 0 aromatic carbocycles. The van der Waals surface area contributed by atoms with Gasteiger partial charge < -0.3 is 10.1 Å². The van der Waals surface area contributed by atoms with E-state index in [9.17, 15) is 9.90 Å². The Morgan fingerprint density at radius 2 is 2.17 bits per heavy atom. The van der Waals surface area contributed by atoms with Crippen molar-refractivity contribution in [2.24, 2.45) is 0 Å². The molecule has 0 atom stereocenters. The van der Waals surface area contributed by atoms with E-state index in [-0.39, 0.29) is 11.6 Å². The molecule has 0 radical (unpaired) electrons. The second-order valence-corrected chi connectivity index (χ2v) is 4.09. The minimum absolute atomic E-state index is 0.0665. The van der Waals surface area contributed by atoms with E-state index in [1.54, 1.807) is 6.07 Å². The van der Waals surface area contributed by atoms with E-state index >= 15 is 0 Å². The summed E-state index contributed by atoms with van der Waals surface area (Å²) in [5, 5.41) is 18.3.